The number of carbonyl (C=O) groups excluding carboxylic acids is 1. The van der Waals surface area contributed by atoms with Crippen LogP contribution in [0.2, 0.25) is 0 Å². The molecule has 1 aliphatic rings. The number of benzene rings is 2. The van der Waals surface area contributed by atoms with E-state index in [1.165, 1.54) is 11.1 Å². The smallest absolute Gasteiger partial charge is 0.241 e. The highest BCUT2D eigenvalue weighted by molar-refractivity contribution is 5.95. The molecule has 1 amide bonds. The van der Waals surface area contributed by atoms with Crippen molar-refractivity contribution in [2.24, 2.45) is 5.73 Å². The van der Waals surface area contributed by atoms with Crippen molar-refractivity contribution in [2.75, 3.05) is 0 Å². The van der Waals surface area contributed by atoms with Gasteiger partial charge >= 0.3 is 0 Å². The van der Waals surface area contributed by atoms with Crippen molar-refractivity contribution in [2.45, 2.75) is 12.3 Å². The van der Waals surface area contributed by atoms with Crippen molar-refractivity contribution in [3.63, 3.8) is 0 Å². The second kappa shape index (κ2) is 4.73. The summed E-state index contributed by atoms with van der Waals surface area (Å²) in [6, 6.07) is 18.6. The molecule has 0 heterocycles. The molecule has 0 aliphatic heterocycles. The van der Waals surface area contributed by atoms with Crippen LogP contribution in [0.3, 0.4) is 0 Å². The van der Waals surface area contributed by atoms with Gasteiger partial charge in [-0.05, 0) is 28.7 Å². The third-order valence-electron chi connectivity index (χ3n) is 3.62. The minimum Gasteiger partial charge on any atom is -0.366 e. The summed E-state index contributed by atoms with van der Waals surface area (Å²) in [5, 5.41) is 0. The number of fused-ring (bicyclic) bond motifs is 1. The Morgan fingerprint density at radius 3 is 2.47 bits per heavy atom. The summed E-state index contributed by atoms with van der Waals surface area (Å²) in [6.07, 6.45) is 2.40. The molecule has 2 N–H and O–H groups in total. The maximum Gasteiger partial charge on any atom is 0.241 e. The zero-order chi connectivity index (χ0) is 13.2. The van der Waals surface area contributed by atoms with Gasteiger partial charge in [-0.25, -0.2) is 0 Å². The molecule has 1 unspecified atom stereocenters. The molecule has 0 fully saturated rings. The van der Waals surface area contributed by atoms with E-state index in [9.17, 15) is 4.79 Å². The fourth-order valence-electron chi connectivity index (χ4n) is 2.82. The normalized spacial score (nSPS) is 19.4. The molecule has 1 aliphatic carbocycles. The monoisotopic (exact) mass is 249 g/mol. The lowest BCUT2D eigenvalue weighted by Gasteiger charge is -2.11. The number of primary amides is 1. The van der Waals surface area contributed by atoms with Gasteiger partial charge in [0.2, 0.25) is 5.91 Å². The molecule has 1 atom stereocenters. The highest BCUT2D eigenvalue weighted by Gasteiger charge is 2.27. The van der Waals surface area contributed by atoms with Crippen molar-refractivity contribution in [1.29, 1.82) is 0 Å². The summed E-state index contributed by atoms with van der Waals surface area (Å²) in [5.41, 5.74) is 10.0. The van der Waals surface area contributed by atoms with Crippen molar-refractivity contribution < 1.29 is 4.79 Å². The first kappa shape index (κ1) is 11.7. The Kier molecular flexibility index (Phi) is 2.92. The first-order valence-electron chi connectivity index (χ1n) is 6.40. The van der Waals surface area contributed by atoms with Gasteiger partial charge in [-0.15, -0.1) is 0 Å². The van der Waals surface area contributed by atoms with E-state index in [-0.39, 0.29) is 5.91 Å². The van der Waals surface area contributed by atoms with Crippen LogP contribution in [0.25, 0.3) is 5.57 Å². The van der Waals surface area contributed by atoms with Gasteiger partial charge in [-0.1, -0.05) is 54.6 Å². The van der Waals surface area contributed by atoms with Gasteiger partial charge in [0.1, 0.15) is 0 Å². The summed E-state index contributed by atoms with van der Waals surface area (Å²) >= 11 is 0. The SMILES string of the molecule is NC(=O)/C=C1/CC(c2ccccc2)c2ccccc21. The predicted molar refractivity (Wildman–Crippen MR) is 76.5 cm³/mol. The van der Waals surface area contributed by atoms with Gasteiger partial charge in [-0.3, -0.25) is 4.79 Å². The largest absolute Gasteiger partial charge is 0.366 e. The molecule has 2 aromatic carbocycles. The van der Waals surface area contributed by atoms with Crippen LogP contribution in [0.15, 0.2) is 60.7 Å². The molecule has 0 aromatic heterocycles. The van der Waals surface area contributed by atoms with Gasteiger partial charge in [-0.2, -0.15) is 0 Å². The van der Waals surface area contributed by atoms with Gasteiger partial charge in [0.25, 0.3) is 0 Å². The summed E-state index contributed by atoms with van der Waals surface area (Å²) < 4.78 is 0. The molecule has 2 nitrogen and oxygen atoms in total. The van der Waals surface area contributed by atoms with Crippen LogP contribution in [0.5, 0.6) is 0 Å². The van der Waals surface area contributed by atoms with Gasteiger partial charge in [0.15, 0.2) is 0 Å². The Labute approximate surface area is 112 Å². The molecular formula is C17H15NO. The third-order valence-corrected chi connectivity index (χ3v) is 3.62. The molecule has 0 spiro atoms. The van der Waals surface area contributed by atoms with Crippen LogP contribution in [-0.4, -0.2) is 5.91 Å². The van der Waals surface area contributed by atoms with Crippen LogP contribution in [0, 0.1) is 0 Å². The molecule has 0 saturated carbocycles. The second-order valence-electron chi connectivity index (χ2n) is 4.83. The number of hydrogen-bond acceptors (Lipinski definition) is 1. The highest BCUT2D eigenvalue weighted by atomic mass is 16.1. The molecule has 0 saturated heterocycles. The molecule has 0 radical (unpaired) electrons. The Hall–Kier alpha value is -2.35. The lowest BCUT2D eigenvalue weighted by Crippen LogP contribution is -2.06. The summed E-state index contributed by atoms with van der Waals surface area (Å²) in [7, 11) is 0. The number of hydrogen-bond donors (Lipinski definition) is 1. The summed E-state index contributed by atoms with van der Waals surface area (Å²) in [5.74, 6) is -0.0542. The Morgan fingerprint density at radius 2 is 1.74 bits per heavy atom. The predicted octanol–water partition coefficient (Wildman–Crippen LogP) is 3.09. The van der Waals surface area contributed by atoms with Crippen molar-refractivity contribution in [3.05, 3.63) is 77.4 Å². The number of amides is 1. The number of nitrogens with two attached hydrogens (primary N) is 1. The maximum atomic E-state index is 11.2. The molecule has 0 bridgehead atoms. The average molecular weight is 249 g/mol. The molecule has 94 valence electrons. The first-order valence-corrected chi connectivity index (χ1v) is 6.40. The molecule has 19 heavy (non-hydrogen) atoms. The zero-order valence-corrected chi connectivity index (χ0v) is 10.5. The van der Waals surface area contributed by atoms with Crippen molar-refractivity contribution >= 4 is 11.5 Å². The third kappa shape index (κ3) is 2.17. The molecule has 2 aromatic rings. The van der Waals surface area contributed by atoms with E-state index < -0.39 is 0 Å². The van der Waals surface area contributed by atoms with Gasteiger partial charge in [0, 0.05) is 12.0 Å². The quantitative estimate of drug-likeness (QED) is 0.816. The van der Waals surface area contributed by atoms with Crippen molar-refractivity contribution in [3.8, 4) is 0 Å². The fraction of sp³-hybridized carbons (Fsp3) is 0.118. The van der Waals surface area contributed by atoms with Crippen LogP contribution >= 0.6 is 0 Å². The molecular weight excluding hydrogens is 234 g/mol. The first-order chi connectivity index (χ1) is 9.25. The maximum absolute atomic E-state index is 11.2. The fourth-order valence-corrected chi connectivity index (χ4v) is 2.82. The van der Waals surface area contributed by atoms with Crippen LogP contribution < -0.4 is 5.73 Å². The lowest BCUT2D eigenvalue weighted by atomic mass is 9.93. The average Bonchev–Trinajstić information content (AvgIpc) is 2.78. The second-order valence-corrected chi connectivity index (χ2v) is 4.83. The zero-order valence-electron chi connectivity index (χ0n) is 10.5. The van der Waals surface area contributed by atoms with Crippen LogP contribution in [0.1, 0.15) is 29.0 Å². The summed E-state index contributed by atoms with van der Waals surface area (Å²) in [6.45, 7) is 0. The minimum atomic E-state index is -0.376. The van der Waals surface area contributed by atoms with E-state index >= 15 is 0 Å². The molecule has 2 heteroatoms. The van der Waals surface area contributed by atoms with E-state index in [4.69, 9.17) is 5.73 Å². The molecule has 3 rings (SSSR count). The number of rotatable bonds is 2. The number of allylic oxidation sites excluding steroid dienone is 1. The van der Waals surface area contributed by atoms with E-state index in [2.05, 4.69) is 24.3 Å². The summed E-state index contributed by atoms with van der Waals surface area (Å²) in [4.78, 5) is 11.2. The van der Waals surface area contributed by atoms with Gasteiger partial charge in [0.05, 0.1) is 0 Å². The highest BCUT2D eigenvalue weighted by Crippen LogP contribution is 2.44. The Morgan fingerprint density at radius 1 is 1.05 bits per heavy atom. The Balaban J connectivity index is 2.09. The van der Waals surface area contributed by atoms with E-state index in [0.717, 1.165) is 17.6 Å². The van der Waals surface area contributed by atoms with E-state index in [1.54, 1.807) is 6.08 Å². The van der Waals surface area contributed by atoms with Crippen LogP contribution in [0.4, 0.5) is 0 Å². The van der Waals surface area contributed by atoms with E-state index in [0.29, 0.717) is 5.92 Å². The Bertz CT molecular complexity index is 643. The standard InChI is InChI=1S/C17H15NO/c18-17(19)11-13-10-16(12-6-2-1-3-7-12)15-9-5-4-8-14(13)15/h1-9,11,16H,10H2,(H2,18,19)/b13-11-. The van der Waals surface area contributed by atoms with Crippen LogP contribution in [-0.2, 0) is 4.79 Å². The topological polar surface area (TPSA) is 43.1 Å². The minimum absolute atomic E-state index is 0.322. The van der Waals surface area contributed by atoms with Crippen molar-refractivity contribution in [1.82, 2.24) is 0 Å². The van der Waals surface area contributed by atoms with E-state index in [1.807, 2.05) is 30.3 Å². The number of carbonyl (C=O) groups is 1. The lowest BCUT2D eigenvalue weighted by molar-refractivity contribution is -0.113. The van der Waals surface area contributed by atoms with Gasteiger partial charge < -0.3 is 5.73 Å².